The zero-order valence-corrected chi connectivity index (χ0v) is 9.84. The number of hydrogen-bond acceptors (Lipinski definition) is 3. The molecule has 0 saturated heterocycles. The lowest BCUT2D eigenvalue weighted by Crippen LogP contribution is -2.23. The fraction of sp³-hybridized carbons (Fsp3) is 0.500. The summed E-state index contributed by atoms with van der Waals surface area (Å²) in [6.07, 6.45) is 0.918. The first-order valence-corrected chi connectivity index (χ1v) is 5.51. The maximum Gasteiger partial charge on any atom is 0.167 e. The minimum Gasteiger partial charge on any atom is -0.489 e. The molecular formula is C12H17F2NO2. The molecule has 0 aliphatic heterocycles. The first kappa shape index (κ1) is 13.9. The Morgan fingerprint density at radius 2 is 2.00 bits per heavy atom. The van der Waals surface area contributed by atoms with E-state index in [1.165, 1.54) is 12.1 Å². The van der Waals surface area contributed by atoms with Gasteiger partial charge in [-0.05, 0) is 25.1 Å². The highest BCUT2D eigenvalue weighted by atomic mass is 19.1. The highest BCUT2D eigenvalue weighted by Crippen LogP contribution is 2.17. The van der Waals surface area contributed by atoms with Crippen molar-refractivity contribution in [3.05, 3.63) is 29.8 Å². The van der Waals surface area contributed by atoms with Gasteiger partial charge in [0.05, 0.1) is 0 Å². The van der Waals surface area contributed by atoms with Gasteiger partial charge in [0.25, 0.3) is 0 Å². The third-order valence-electron chi connectivity index (χ3n) is 2.13. The summed E-state index contributed by atoms with van der Waals surface area (Å²) in [5, 5.41) is 3.12. The van der Waals surface area contributed by atoms with Crippen molar-refractivity contribution in [3.8, 4) is 5.75 Å². The lowest BCUT2D eigenvalue weighted by atomic mass is 10.3. The Balaban J connectivity index is 2.14. The summed E-state index contributed by atoms with van der Waals surface area (Å²) in [5.74, 6) is -1.21. The highest BCUT2D eigenvalue weighted by molar-refractivity contribution is 5.24. The molecule has 0 heterocycles. The van der Waals surface area contributed by atoms with Crippen LogP contribution in [-0.2, 0) is 4.74 Å². The molecule has 1 rings (SSSR count). The molecule has 0 atom stereocenters. The van der Waals surface area contributed by atoms with Gasteiger partial charge >= 0.3 is 0 Å². The standard InChI is InChI=1S/C12H17F2NO2/c1-16-7-2-5-15-6-8-17-12-4-3-10(13)9-11(12)14/h3-4,9,15H,2,5-8H2,1H3. The minimum absolute atomic E-state index is 0.0742. The molecular weight excluding hydrogens is 228 g/mol. The topological polar surface area (TPSA) is 30.5 Å². The zero-order chi connectivity index (χ0) is 12.5. The van der Waals surface area contributed by atoms with Crippen LogP contribution >= 0.6 is 0 Å². The molecule has 0 saturated carbocycles. The van der Waals surface area contributed by atoms with Crippen molar-refractivity contribution in [1.82, 2.24) is 5.32 Å². The van der Waals surface area contributed by atoms with E-state index in [9.17, 15) is 8.78 Å². The van der Waals surface area contributed by atoms with Gasteiger partial charge in [-0.15, -0.1) is 0 Å². The zero-order valence-electron chi connectivity index (χ0n) is 9.84. The number of rotatable bonds is 8. The van der Waals surface area contributed by atoms with Gasteiger partial charge in [0, 0.05) is 26.3 Å². The molecule has 1 N–H and O–H groups in total. The molecule has 0 spiro atoms. The summed E-state index contributed by atoms with van der Waals surface area (Å²) in [5.41, 5.74) is 0. The fourth-order valence-corrected chi connectivity index (χ4v) is 1.29. The number of ether oxygens (including phenoxy) is 2. The van der Waals surface area contributed by atoms with Crippen molar-refractivity contribution in [2.75, 3.05) is 33.4 Å². The summed E-state index contributed by atoms with van der Waals surface area (Å²) in [6, 6.07) is 3.27. The minimum atomic E-state index is -0.676. The van der Waals surface area contributed by atoms with E-state index in [1.54, 1.807) is 7.11 Å². The first-order chi connectivity index (χ1) is 8.24. The van der Waals surface area contributed by atoms with Gasteiger partial charge < -0.3 is 14.8 Å². The van der Waals surface area contributed by atoms with Crippen LogP contribution in [0.1, 0.15) is 6.42 Å². The second-order valence-electron chi connectivity index (χ2n) is 3.52. The van der Waals surface area contributed by atoms with E-state index in [4.69, 9.17) is 9.47 Å². The van der Waals surface area contributed by atoms with E-state index in [0.29, 0.717) is 19.8 Å². The van der Waals surface area contributed by atoms with Crippen molar-refractivity contribution in [1.29, 1.82) is 0 Å². The van der Waals surface area contributed by atoms with Crippen molar-refractivity contribution in [2.24, 2.45) is 0 Å². The Hall–Kier alpha value is -1.20. The van der Waals surface area contributed by atoms with E-state index in [1.807, 2.05) is 0 Å². The number of hydrogen-bond donors (Lipinski definition) is 1. The molecule has 5 heteroatoms. The molecule has 3 nitrogen and oxygen atoms in total. The van der Waals surface area contributed by atoms with Crippen LogP contribution in [0.4, 0.5) is 8.78 Å². The summed E-state index contributed by atoms with van der Waals surface area (Å²) >= 11 is 0. The summed E-state index contributed by atoms with van der Waals surface area (Å²) in [6.45, 7) is 2.49. The number of benzene rings is 1. The monoisotopic (exact) mass is 245 g/mol. The number of nitrogens with one attached hydrogen (secondary N) is 1. The Kier molecular flexibility index (Phi) is 6.50. The fourth-order valence-electron chi connectivity index (χ4n) is 1.29. The maximum absolute atomic E-state index is 13.1. The summed E-state index contributed by atoms with van der Waals surface area (Å²) < 4.78 is 35.8. The third kappa shape index (κ3) is 5.60. The van der Waals surface area contributed by atoms with E-state index < -0.39 is 11.6 Å². The molecule has 0 aliphatic carbocycles. The van der Waals surface area contributed by atoms with Gasteiger partial charge in [-0.25, -0.2) is 8.78 Å². The lowest BCUT2D eigenvalue weighted by molar-refractivity contribution is 0.193. The Bertz CT molecular complexity index is 334. The average Bonchev–Trinajstić information content (AvgIpc) is 2.30. The average molecular weight is 245 g/mol. The Morgan fingerprint density at radius 1 is 1.18 bits per heavy atom. The molecule has 1 aromatic rings. The van der Waals surface area contributed by atoms with Crippen LogP contribution in [0.3, 0.4) is 0 Å². The van der Waals surface area contributed by atoms with E-state index >= 15 is 0 Å². The van der Waals surface area contributed by atoms with Crippen LogP contribution in [0.25, 0.3) is 0 Å². The predicted octanol–water partition coefficient (Wildman–Crippen LogP) is 1.97. The van der Waals surface area contributed by atoms with Crippen LogP contribution in [-0.4, -0.2) is 33.4 Å². The Labute approximate surface area is 99.7 Å². The van der Waals surface area contributed by atoms with Gasteiger partial charge in [-0.3, -0.25) is 0 Å². The van der Waals surface area contributed by atoms with Gasteiger partial charge in [0.15, 0.2) is 11.6 Å². The van der Waals surface area contributed by atoms with E-state index in [2.05, 4.69) is 5.32 Å². The van der Waals surface area contributed by atoms with Crippen LogP contribution in [0.5, 0.6) is 5.75 Å². The molecule has 0 aromatic heterocycles. The molecule has 1 aromatic carbocycles. The largest absolute Gasteiger partial charge is 0.489 e. The van der Waals surface area contributed by atoms with Crippen molar-refractivity contribution in [3.63, 3.8) is 0 Å². The molecule has 0 fully saturated rings. The summed E-state index contributed by atoms with van der Waals surface area (Å²) in [4.78, 5) is 0. The third-order valence-corrected chi connectivity index (χ3v) is 2.13. The van der Waals surface area contributed by atoms with Crippen LogP contribution < -0.4 is 10.1 Å². The Morgan fingerprint density at radius 3 is 2.71 bits per heavy atom. The van der Waals surface area contributed by atoms with Crippen molar-refractivity contribution < 1.29 is 18.3 Å². The molecule has 0 unspecified atom stereocenters. The number of methoxy groups -OCH3 is 1. The van der Waals surface area contributed by atoms with E-state index in [0.717, 1.165) is 19.0 Å². The van der Waals surface area contributed by atoms with Gasteiger partial charge in [0.2, 0.25) is 0 Å². The quantitative estimate of drug-likeness (QED) is 0.710. The summed E-state index contributed by atoms with van der Waals surface area (Å²) in [7, 11) is 1.65. The van der Waals surface area contributed by atoms with Gasteiger partial charge in [-0.1, -0.05) is 0 Å². The number of halogens is 2. The lowest BCUT2D eigenvalue weighted by Gasteiger charge is -2.08. The second-order valence-corrected chi connectivity index (χ2v) is 3.52. The van der Waals surface area contributed by atoms with Gasteiger partial charge in [-0.2, -0.15) is 0 Å². The highest BCUT2D eigenvalue weighted by Gasteiger charge is 2.03. The smallest absolute Gasteiger partial charge is 0.167 e. The molecule has 96 valence electrons. The second kappa shape index (κ2) is 7.97. The molecule has 0 radical (unpaired) electrons. The molecule has 0 amide bonds. The molecule has 17 heavy (non-hydrogen) atoms. The van der Waals surface area contributed by atoms with Crippen molar-refractivity contribution in [2.45, 2.75) is 6.42 Å². The molecule has 0 aliphatic rings. The predicted molar refractivity (Wildman–Crippen MR) is 61.2 cm³/mol. The normalized spacial score (nSPS) is 10.5. The maximum atomic E-state index is 13.1. The van der Waals surface area contributed by atoms with E-state index in [-0.39, 0.29) is 5.75 Å². The van der Waals surface area contributed by atoms with Crippen LogP contribution in [0.2, 0.25) is 0 Å². The van der Waals surface area contributed by atoms with Crippen LogP contribution in [0.15, 0.2) is 18.2 Å². The SMILES string of the molecule is COCCCNCCOc1ccc(F)cc1F. The first-order valence-electron chi connectivity index (χ1n) is 5.51. The van der Waals surface area contributed by atoms with Gasteiger partial charge in [0.1, 0.15) is 12.4 Å². The van der Waals surface area contributed by atoms with Crippen LogP contribution in [0, 0.1) is 11.6 Å². The molecule has 0 bridgehead atoms. The van der Waals surface area contributed by atoms with Crippen molar-refractivity contribution >= 4 is 0 Å².